The standard InChI is InChI=1S/C14H6BrCl2FN2/c15-9-3-1-2-8-12(9)19-14(20-13(8)17)7-4-5-10(16)11(18)6-7/h1-6H. The second-order valence-corrected chi connectivity index (χ2v) is 5.72. The Bertz CT molecular complexity index is 824. The van der Waals surface area contributed by atoms with Crippen molar-refractivity contribution in [3.8, 4) is 11.4 Å². The molecule has 0 saturated carbocycles. The summed E-state index contributed by atoms with van der Waals surface area (Å²) in [5, 5.41) is 1.11. The van der Waals surface area contributed by atoms with E-state index in [2.05, 4.69) is 25.9 Å². The molecule has 2 aromatic carbocycles. The highest BCUT2D eigenvalue weighted by Crippen LogP contribution is 2.30. The first-order valence-electron chi connectivity index (χ1n) is 5.63. The zero-order valence-corrected chi connectivity index (χ0v) is 13.0. The molecular formula is C14H6BrCl2FN2. The minimum absolute atomic E-state index is 0.0572. The van der Waals surface area contributed by atoms with Gasteiger partial charge in [0.1, 0.15) is 11.0 Å². The number of benzene rings is 2. The third-order valence-corrected chi connectivity index (χ3v) is 4.04. The number of rotatable bonds is 1. The van der Waals surface area contributed by atoms with Gasteiger partial charge in [-0.2, -0.15) is 0 Å². The largest absolute Gasteiger partial charge is 0.227 e. The minimum Gasteiger partial charge on any atom is -0.227 e. The molecule has 20 heavy (non-hydrogen) atoms. The molecule has 3 aromatic rings. The highest BCUT2D eigenvalue weighted by atomic mass is 79.9. The van der Waals surface area contributed by atoms with Crippen molar-refractivity contribution in [2.45, 2.75) is 0 Å². The quantitative estimate of drug-likeness (QED) is 0.527. The van der Waals surface area contributed by atoms with Crippen LogP contribution in [0.4, 0.5) is 4.39 Å². The molecule has 6 heteroatoms. The Balaban J connectivity index is 2.26. The van der Waals surface area contributed by atoms with Gasteiger partial charge in [-0.25, -0.2) is 14.4 Å². The summed E-state index contributed by atoms with van der Waals surface area (Å²) in [6, 6.07) is 9.94. The van der Waals surface area contributed by atoms with E-state index in [9.17, 15) is 4.39 Å². The molecule has 0 fully saturated rings. The lowest BCUT2D eigenvalue weighted by atomic mass is 10.2. The van der Waals surface area contributed by atoms with E-state index in [-0.39, 0.29) is 5.02 Å². The van der Waals surface area contributed by atoms with Gasteiger partial charge in [0, 0.05) is 15.4 Å². The number of fused-ring (bicyclic) bond motifs is 1. The maximum absolute atomic E-state index is 13.5. The van der Waals surface area contributed by atoms with E-state index in [4.69, 9.17) is 23.2 Å². The molecule has 0 spiro atoms. The molecular weight excluding hydrogens is 366 g/mol. The van der Waals surface area contributed by atoms with E-state index in [0.29, 0.717) is 22.1 Å². The monoisotopic (exact) mass is 370 g/mol. The maximum atomic E-state index is 13.5. The number of aromatic nitrogens is 2. The molecule has 1 aromatic heterocycles. The molecule has 0 amide bonds. The van der Waals surface area contributed by atoms with Crippen LogP contribution in [-0.2, 0) is 0 Å². The van der Waals surface area contributed by atoms with Crippen LogP contribution < -0.4 is 0 Å². The summed E-state index contributed by atoms with van der Waals surface area (Å²) in [6.07, 6.45) is 0. The molecule has 0 unspecified atom stereocenters. The van der Waals surface area contributed by atoms with Gasteiger partial charge >= 0.3 is 0 Å². The van der Waals surface area contributed by atoms with Crippen molar-refractivity contribution in [2.24, 2.45) is 0 Å². The van der Waals surface area contributed by atoms with Crippen molar-refractivity contribution < 1.29 is 4.39 Å². The second kappa shape index (κ2) is 5.28. The van der Waals surface area contributed by atoms with Gasteiger partial charge in [-0.3, -0.25) is 0 Å². The molecule has 2 nitrogen and oxygen atoms in total. The first kappa shape index (κ1) is 13.7. The van der Waals surface area contributed by atoms with Gasteiger partial charge in [0.05, 0.1) is 10.5 Å². The van der Waals surface area contributed by atoms with Crippen LogP contribution in [0, 0.1) is 5.82 Å². The molecule has 0 bridgehead atoms. The molecule has 0 aliphatic rings. The summed E-state index contributed by atoms with van der Waals surface area (Å²) in [5.41, 5.74) is 1.20. The van der Waals surface area contributed by atoms with Crippen LogP contribution >= 0.6 is 39.1 Å². The summed E-state index contributed by atoms with van der Waals surface area (Å²) in [7, 11) is 0. The summed E-state index contributed by atoms with van der Waals surface area (Å²) in [5.74, 6) is -0.166. The van der Waals surface area contributed by atoms with Crippen molar-refractivity contribution >= 4 is 50.0 Å². The van der Waals surface area contributed by atoms with Gasteiger partial charge in [0.15, 0.2) is 5.82 Å². The van der Waals surface area contributed by atoms with Gasteiger partial charge in [0.25, 0.3) is 0 Å². The van der Waals surface area contributed by atoms with Gasteiger partial charge in [0.2, 0.25) is 0 Å². The Morgan fingerprint density at radius 2 is 1.85 bits per heavy atom. The Hall–Kier alpha value is -1.23. The van der Waals surface area contributed by atoms with Crippen molar-refractivity contribution in [1.29, 1.82) is 0 Å². The van der Waals surface area contributed by atoms with E-state index in [0.717, 1.165) is 9.86 Å². The summed E-state index contributed by atoms with van der Waals surface area (Å²) in [6.45, 7) is 0. The van der Waals surface area contributed by atoms with Crippen molar-refractivity contribution in [1.82, 2.24) is 9.97 Å². The average Bonchev–Trinajstić information content (AvgIpc) is 2.43. The van der Waals surface area contributed by atoms with Crippen LogP contribution in [0.2, 0.25) is 10.2 Å². The van der Waals surface area contributed by atoms with Crippen LogP contribution in [0.3, 0.4) is 0 Å². The smallest absolute Gasteiger partial charge is 0.161 e. The van der Waals surface area contributed by atoms with Gasteiger partial charge < -0.3 is 0 Å². The fourth-order valence-corrected chi connectivity index (χ4v) is 2.65. The van der Waals surface area contributed by atoms with E-state index in [1.54, 1.807) is 6.07 Å². The predicted molar refractivity (Wildman–Crippen MR) is 82.7 cm³/mol. The fraction of sp³-hybridized carbons (Fsp3) is 0. The maximum Gasteiger partial charge on any atom is 0.161 e. The molecule has 0 aliphatic carbocycles. The number of nitrogens with zero attached hydrogens (tertiary/aromatic N) is 2. The van der Waals surface area contributed by atoms with Crippen LogP contribution in [0.25, 0.3) is 22.3 Å². The number of hydrogen-bond acceptors (Lipinski definition) is 2. The van der Waals surface area contributed by atoms with Crippen LogP contribution in [0.5, 0.6) is 0 Å². The molecule has 1 heterocycles. The van der Waals surface area contributed by atoms with Crippen molar-refractivity contribution in [3.05, 3.63) is 56.9 Å². The Morgan fingerprint density at radius 3 is 2.60 bits per heavy atom. The van der Waals surface area contributed by atoms with Crippen LogP contribution in [-0.4, -0.2) is 9.97 Å². The molecule has 0 N–H and O–H groups in total. The van der Waals surface area contributed by atoms with Crippen molar-refractivity contribution in [3.63, 3.8) is 0 Å². The summed E-state index contributed by atoms with van der Waals surface area (Å²) < 4.78 is 14.3. The third-order valence-electron chi connectivity index (χ3n) is 2.81. The SMILES string of the molecule is Fc1cc(-c2nc(Cl)c3cccc(Br)c3n2)ccc1Cl. The lowest BCUT2D eigenvalue weighted by Gasteiger charge is -2.06. The second-order valence-electron chi connectivity index (χ2n) is 4.10. The molecule has 0 aliphatic heterocycles. The van der Waals surface area contributed by atoms with E-state index in [1.165, 1.54) is 12.1 Å². The Morgan fingerprint density at radius 1 is 1.05 bits per heavy atom. The van der Waals surface area contributed by atoms with E-state index >= 15 is 0 Å². The first-order chi connectivity index (χ1) is 9.56. The van der Waals surface area contributed by atoms with E-state index in [1.807, 2.05) is 18.2 Å². The topological polar surface area (TPSA) is 25.8 Å². The van der Waals surface area contributed by atoms with Crippen LogP contribution in [0.1, 0.15) is 0 Å². The van der Waals surface area contributed by atoms with E-state index < -0.39 is 5.82 Å². The highest BCUT2D eigenvalue weighted by molar-refractivity contribution is 9.10. The van der Waals surface area contributed by atoms with Crippen LogP contribution in [0.15, 0.2) is 40.9 Å². The molecule has 0 atom stereocenters. The molecule has 100 valence electrons. The first-order valence-corrected chi connectivity index (χ1v) is 7.18. The predicted octanol–water partition coefficient (Wildman–Crippen LogP) is 5.51. The Kier molecular flexibility index (Phi) is 3.63. The van der Waals surface area contributed by atoms with Crippen molar-refractivity contribution in [2.75, 3.05) is 0 Å². The fourth-order valence-electron chi connectivity index (χ4n) is 1.84. The third kappa shape index (κ3) is 2.39. The lowest BCUT2D eigenvalue weighted by molar-refractivity contribution is 0.628. The Labute approximate surface area is 132 Å². The average molecular weight is 372 g/mol. The molecule has 0 radical (unpaired) electrons. The summed E-state index contributed by atoms with van der Waals surface area (Å²) >= 11 is 15.3. The van der Waals surface area contributed by atoms with Gasteiger partial charge in [-0.15, -0.1) is 0 Å². The zero-order valence-electron chi connectivity index (χ0n) is 9.87. The zero-order chi connectivity index (χ0) is 14.3. The highest BCUT2D eigenvalue weighted by Gasteiger charge is 2.11. The van der Waals surface area contributed by atoms with Gasteiger partial charge in [-0.1, -0.05) is 29.3 Å². The van der Waals surface area contributed by atoms with Gasteiger partial charge in [-0.05, 0) is 46.3 Å². The number of halogens is 4. The summed E-state index contributed by atoms with van der Waals surface area (Å²) in [4.78, 5) is 8.63. The number of para-hydroxylation sites is 1. The number of hydrogen-bond donors (Lipinski definition) is 0. The lowest BCUT2D eigenvalue weighted by Crippen LogP contribution is -1.93. The molecule has 0 saturated heterocycles. The normalized spacial score (nSPS) is 11.0. The minimum atomic E-state index is -0.517. The molecule has 3 rings (SSSR count).